The molecule has 1 heterocycles. The van der Waals surface area contributed by atoms with Gasteiger partial charge >= 0.3 is 6.18 Å². The molecule has 1 saturated carbocycles. The maximum atomic E-state index is 13.0. The molecule has 0 saturated heterocycles. The van der Waals surface area contributed by atoms with E-state index < -0.39 is 11.7 Å². The van der Waals surface area contributed by atoms with Crippen molar-refractivity contribution in [1.82, 2.24) is 9.78 Å². The Morgan fingerprint density at radius 1 is 1.35 bits per heavy atom. The smallest absolute Gasteiger partial charge is 0.330 e. The first-order valence-corrected chi connectivity index (χ1v) is 8.55. The summed E-state index contributed by atoms with van der Waals surface area (Å²) in [7, 11) is 0. The van der Waals surface area contributed by atoms with E-state index in [1.165, 1.54) is 16.8 Å². The Hall–Kier alpha value is -2.35. The zero-order valence-corrected chi connectivity index (χ0v) is 14.4. The maximum Gasteiger partial charge on any atom is 0.416 e. The molecule has 5 nitrogen and oxygen atoms in total. The summed E-state index contributed by atoms with van der Waals surface area (Å²) >= 11 is 0. The molecule has 0 aliphatic heterocycles. The Balaban J connectivity index is 1.88. The number of amides is 1. The van der Waals surface area contributed by atoms with Crippen molar-refractivity contribution in [2.45, 2.75) is 32.4 Å². The SMILES string of the molecule is Cc1cc(NC(=O)[C@@H]2CCC[C@@H]2CN)n(-c2cccc(C(F)(F)F)c2)n1. The van der Waals surface area contributed by atoms with Crippen molar-refractivity contribution in [3.63, 3.8) is 0 Å². The molecule has 1 aromatic carbocycles. The lowest BCUT2D eigenvalue weighted by atomic mass is 9.95. The lowest BCUT2D eigenvalue weighted by Gasteiger charge is -2.18. The van der Waals surface area contributed by atoms with Crippen LogP contribution in [0.3, 0.4) is 0 Å². The second-order valence-electron chi connectivity index (χ2n) is 6.65. The van der Waals surface area contributed by atoms with Crippen LogP contribution < -0.4 is 11.1 Å². The number of halogens is 3. The van der Waals surface area contributed by atoms with Crippen LogP contribution in [0.15, 0.2) is 30.3 Å². The number of rotatable bonds is 4. The number of hydrogen-bond donors (Lipinski definition) is 2. The Morgan fingerprint density at radius 2 is 2.12 bits per heavy atom. The van der Waals surface area contributed by atoms with Crippen molar-refractivity contribution in [2.75, 3.05) is 11.9 Å². The molecule has 1 fully saturated rings. The molecule has 1 aromatic heterocycles. The molecular formula is C18H21F3N4O. The Bertz CT molecular complexity index is 800. The number of carbonyl (C=O) groups is 1. The zero-order valence-electron chi connectivity index (χ0n) is 14.4. The van der Waals surface area contributed by atoms with Gasteiger partial charge in [-0.3, -0.25) is 4.79 Å². The summed E-state index contributed by atoms with van der Waals surface area (Å²) in [5, 5.41) is 7.05. The summed E-state index contributed by atoms with van der Waals surface area (Å²) in [4.78, 5) is 12.6. The second-order valence-corrected chi connectivity index (χ2v) is 6.65. The third-order valence-electron chi connectivity index (χ3n) is 4.80. The van der Waals surface area contributed by atoms with Gasteiger partial charge in [-0.2, -0.15) is 18.3 Å². The molecule has 1 aliphatic rings. The highest BCUT2D eigenvalue weighted by molar-refractivity contribution is 5.92. The third-order valence-corrected chi connectivity index (χ3v) is 4.80. The van der Waals surface area contributed by atoms with Crippen molar-refractivity contribution in [3.05, 3.63) is 41.6 Å². The van der Waals surface area contributed by atoms with Crippen molar-refractivity contribution < 1.29 is 18.0 Å². The summed E-state index contributed by atoms with van der Waals surface area (Å²) in [6.45, 7) is 2.17. The molecule has 0 bridgehead atoms. The van der Waals surface area contributed by atoms with E-state index in [9.17, 15) is 18.0 Å². The maximum absolute atomic E-state index is 13.0. The molecule has 2 aromatic rings. The number of nitrogens with zero attached hydrogens (tertiary/aromatic N) is 2. The lowest BCUT2D eigenvalue weighted by Crippen LogP contribution is -2.30. The lowest BCUT2D eigenvalue weighted by molar-refractivity contribution is -0.137. The first-order chi connectivity index (χ1) is 12.3. The van der Waals surface area contributed by atoms with Gasteiger partial charge in [-0.05, 0) is 50.4 Å². The molecule has 140 valence electrons. The highest BCUT2D eigenvalue weighted by Gasteiger charge is 2.33. The largest absolute Gasteiger partial charge is 0.416 e. The monoisotopic (exact) mass is 366 g/mol. The van der Waals surface area contributed by atoms with Gasteiger partial charge < -0.3 is 11.1 Å². The van der Waals surface area contributed by atoms with Gasteiger partial charge in [0.1, 0.15) is 5.82 Å². The van der Waals surface area contributed by atoms with Crippen molar-refractivity contribution >= 4 is 11.7 Å². The Morgan fingerprint density at radius 3 is 2.81 bits per heavy atom. The van der Waals surface area contributed by atoms with E-state index in [2.05, 4.69) is 10.4 Å². The van der Waals surface area contributed by atoms with Gasteiger partial charge in [-0.25, -0.2) is 4.68 Å². The van der Waals surface area contributed by atoms with Crippen LogP contribution in [0.4, 0.5) is 19.0 Å². The summed E-state index contributed by atoms with van der Waals surface area (Å²) in [6.07, 6.45) is -1.81. The average Bonchev–Trinajstić information content (AvgIpc) is 3.20. The molecule has 0 unspecified atom stereocenters. The molecular weight excluding hydrogens is 345 g/mol. The number of benzene rings is 1. The highest BCUT2D eigenvalue weighted by atomic mass is 19.4. The molecule has 26 heavy (non-hydrogen) atoms. The highest BCUT2D eigenvalue weighted by Crippen LogP contribution is 2.33. The third kappa shape index (κ3) is 3.75. The number of hydrogen-bond acceptors (Lipinski definition) is 3. The number of alkyl halides is 3. The van der Waals surface area contributed by atoms with Gasteiger partial charge in [0.05, 0.1) is 16.9 Å². The van der Waals surface area contributed by atoms with Gasteiger partial charge in [0.15, 0.2) is 0 Å². The number of anilines is 1. The van der Waals surface area contributed by atoms with Gasteiger partial charge in [0.25, 0.3) is 0 Å². The fraction of sp³-hybridized carbons (Fsp3) is 0.444. The summed E-state index contributed by atoms with van der Waals surface area (Å²) in [6, 6.07) is 6.51. The van der Waals surface area contributed by atoms with Crippen LogP contribution in [0.1, 0.15) is 30.5 Å². The number of carbonyl (C=O) groups excluding carboxylic acids is 1. The fourth-order valence-electron chi connectivity index (χ4n) is 3.48. The van der Waals surface area contributed by atoms with E-state index >= 15 is 0 Å². The minimum absolute atomic E-state index is 0.140. The van der Waals surface area contributed by atoms with Crippen molar-refractivity contribution in [3.8, 4) is 5.69 Å². The topological polar surface area (TPSA) is 72.9 Å². The quantitative estimate of drug-likeness (QED) is 0.870. The first kappa shape index (κ1) is 18.4. The van der Waals surface area contributed by atoms with Gasteiger partial charge in [-0.15, -0.1) is 0 Å². The van der Waals surface area contributed by atoms with E-state index in [0.29, 0.717) is 18.1 Å². The summed E-state index contributed by atoms with van der Waals surface area (Å²) < 4.78 is 40.3. The van der Waals surface area contributed by atoms with Crippen LogP contribution in [-0.2, 0) is 11.0 Å². The number of nitrogens with one attached hydrogen (secondary N) is 1. The zero-order chi connectivity index (χ0) is 18.9. The van der Waals surface area contributed by atoms with E-state index in [0.717, 1.165) is 31.4 Å². The summed E-state index contributed by atoms with van der Waals surface area (Å²) in [5.74, 6) is 0.159. The van der Waals surface area contributed by atoms with E-state index in [-0.39, 0.29) is 23.4 Å². The van der Waals surface area contributed by atoms with Crippen LogP contribution in [0, 0.1) is 18.8 Å². The molecule has 1 amide bonds. The number of nitrogens with two attached hydrogens (primary N) is 1. The van der Waals surface area contributed by atoms with Crippen LogP contribution in [0.25, 0.3) is 5.69 Å². The van der Waals surface area contributed by atoms with Gasteiger partial charge in [0.2, 0.25) is 5.91 Å². The molecule has 3 rings (SSSR count). The van der Waals surface area contributed by atoms with Crippen molar-refractivity contribution in [2.24, 2.45) is 17.6 Å². The Kier molecular flexibility index (Phi) is 5.04. The molecule has 0 spiro atoms. The number of aryl methyl sites for hydroxylation is 1. The molecule has 8 heteroatoms. The van der Waals surface area contributed by atoms with Gasteiger partial charge in [-0.1, -0.05) is 12.5 Å². The van der Waals surface area contributed by atoms with Crippen LogP contribution in [0.5, 0.6) is 0 Å². The van der Waals surface area contributed by atoms with Crippen LogP contribution in [-0.4, -0.2) is 22.2 Å². The normalized spacial score (nSPS) is 20.3. The van der Waals surface area contributed by atoms with Crippen LogP contribution in [0.2, 0.25) is 0 Å². The summed E-state index contributed by atoms with van der Waals surface area (Å²) in [5.41, 5.74) is 5.81. The van der Waals surface area contributed by atoms with E-state index in [1.54, 1.807) is 13.0 Å². The van der Waals surface area contributed by atoms with Gasteiger partial charge in [0, 0.05) is 12.0 Å². The Labute approximate surface area is 149 Å². The minimum atomic E-state index is -4.44. The second kappa shape index (κ2) is 7.11. The predicted octanol–water partition coefficient (Wildman–Crippen LogP) is 3.51. The molecule has 3 N–H and O–H groups in total. The van der Waals surface area contributed by atoms with Crippen LogP contribution >= 0.6 is 0 Å². The molecule has 1 aliphatic carbocycles. The molecule has 0 radical (unpaired) electrons. The van der Waals surface area contributed by atoms with E-state index in [1.807, 2.05) is 0 Å². The average molecular weight is 366 g/mol. The van der Waals surface area contributed by atoms with Crippen molar-refractivity contribution in [1.29, 1.82) is 0 Å². The predicted molar refractivity (Wildman–Crippen MR) is 91.8 cm³/mol. The fourth-order valence-corrected chi connectivity index (χ4v) is 3.48. The standard InChI is InChI=1S/C18H21F3N4O/c1-11-8-16(23-17(26)15-7-2-4-12(15)10-22)25(24-11)14-6-3-5-13(9-14)18(19,20)21/h3,5-6,8-9,12,15H,2,4,7,10,22H2,1H3,(H,23,26)/t12-,15-/m1/s1. The first-order valence-electron chi connectivity index (χ1n) is 8.55. The molecule has 2 atom stereocenters. The van der Waals surface area contributed by atoms with E-state index in [4.69, 9.17) is 5.73 Å². The number of aromatic nitrogens is 2. The minimum Gasteiger partial charge on any atom is -0.330 e.